The number of hydrogen-bond donors (Lipinski definition) is 3. The first-order valence-corrected chi connectivity index (χ1v) is 6.97. The van der Waals surface area contributed by atoms with E-state index in [-0.39, 0.29) is 17.7 Å². The van der Waals surface area contributed by atoms with Crippen LogP contribution in [-0.2, 0) is 16.0 Å². The van der Waals surface area contributed by atoms with Crippen LogP contribution in [0, 0.1) is 13.8 Å². The molecule has 0 aromatic heterocycles. The summed E-state index contributed by atoms with van der Waals surface area (Å²) in [6, 6.07) is 0.439. The molecule has 0 saturated carbocycles. The van der Waals surface area contributed by atoms with E-state index in [4.69, 9.17) is 15.6 Å². The topological polar surface area (TPSA) is 110 Å². The number of aromatic hydroxyl groups is 1. The third-order valence-corrected chi connectivity index (χ3v) is 3.29. The van der Waals surface area contributed by atoms with E-state index in [0.29, 0.717) is 16.7 Å². The number of phenolic OH excluding ortho intramolecular Hbond substituents is 1. The molecule has 1 aromatic rings. The van der Waals surface area contributed by atoms with Crippen molar-refractivity contribution in [3.63, 3.8) is 0 Å². The first-order chi connectivity index (χ1) is 9.94. The van der Waals surface area contributed by atoms with Gasteiger partial charge in [0.25, 0.3) is 0 Å². The van der Waals surface area contributed by atoms with Crippen LogP contribution in [0.4, 0.5) is 0 Å². The van der Waals surface area contributed by atoms with Crippen molar-refractivity contribution in [2.24, 2.45) is 5.73 Å². The van der Waals surface area contributed by atoms with E-state index in [1.54, 1.807) is 40.7 Å². The monoisotopic (exact) mass is 309 g/mol. The molecular formula is C16H23NO5. The number of benzene rings is 1. The molecule has 0 radical (unpaired) electrons. The van der Waals surface area contributed by atoms with Crippen LogP contribution in [0.1, 0.15) is 47.8 Å². The molecule has 0 spiro atoms. The second-order valence-corrected chi connectivity index (χ2v) is 6.33. The highest BCUT2D eigenvalue weighted by molar-refractivity contribution is 5.92. The number of carbonyl (C=O) groups is 2. The lowest BCUT2D eigenvalue weighted by atomic mass is 9.94. The highest BCUT2D eigenvalue weighted by Gasteiger charge is 2.24. The molecule has 4 N–H and O–H groups in total. The fraction of sp³-hybridized carbons (Fsp3) is 0.500. The van der Waals surface area contributed by atoms with Crippen LogP contribution >= 0.6 is 0 Å². The second-order valence-electron chi connectivity index (χ2n) is 6.33. The molecule has 0 fully saturated rings. The predicted molar refractivity (Wildman–Crippen MR) is 82.1 cm³/mol. The van der Waals surface area contributed by atoms with Crippen molar-refractivity contribution in [2.45, 2.75) is 52.7 Å². The maximum absolute atomic E-state index is 12.2. The molecule has 1 unspecified atom stereocenters. The SMILES string of the molecule is Cc1c(CC(N)C(=O)O)cc(C(=O)OC(C)(C)C)c(C)c1O. The summed E-state index contributed by atoms with van der Waals surface area (Å²) < 4.78 is 5.31. The van der Waals surface area contributed by atoms with Gasteiger partial charge in [0.2, 0.25) is 0 Å². The lowest BCUT2D eigenvalue weighted by Crippen LogP contribution is -2.32. The minimum atomic E-state index is -1.14. The minimum absolute atomic E-state index is 0.0187. The number of carbonyl (C=O) groups excluding carboxylic acids is 1. The zero-order chi connectivity index (χ0) is 17.2. The van der Waals surface area contributed by atoms with Crippen molar-refractivity contribution < 1.29 is 24.5 Å². The van der Waals surface area contributed by atoms with Crippen LogP contribution in [0.3, 0.4) is 0 Å². The molecule has 0 bridgehead atoms. The van der Waals surface area contributed by atoms with Crippen LogP contribution in [-0.4, -0.2) is 33.8 Å². The molecule has 0 aliphatic heterocycles. The molecule has 22 heavy (non-hydrogen) atoms. The fourth-order valence-electron chi connectivity index (χ4n) is 2.03. The van der Waals surface area contributed by atoms with Gasteiger partial charge >= 0.3 is 11.9 Å². The van der Waals surface area contributed by atoms with Crippen molar-refractivity contribution >= 4 is 11.9 Å². The summed E-state index contributed by atoms with van der Waals surface area (Å²) in [7, 11) is 0. The molecule has 1 aromatic carbocycles. The zero-order valence-corrected chi connectivity index (χ0v) is 13.6. The molecule has 122 valence electrons. The Morgan fingerprint density at radius 1 is 1.27 bits per heavy atom. The number of rotatable bonds is 4. The number of phenols is 1. The lowest BCUT2D eigenvalue weighted by molar-refractivity contribution is -0.138. The summed E-state index contributed by atoms with van der Waals surface area (Å²) in [6.07, 6.45) is 0.0187. The van der Waals surface area contributed by atoms with Crippen molar-refractivity contribution in [2.75, 3.05) is 0 Å². The minimum Gasteiger partial charge on any atom is -0.507 e. The number of ether oxygens (including phenoxy) is 1. The molecule has 1 atom stereocenters. The lowest BCUT2D eigenvalue weighted by Gasteiger charge is -2.21. The van der Waals surface area contributed by atoms with Gasteiger partial charge in [-0.15, -0.1) is 0 Å². The van der Waals surface area contributed by atoms with Crippen LogP contribution in [0.15, 0.2) is 6.07 Å². The Morgan fingerprint density at radius 2 is 1.82 bits per heavy atom. The van der Waals surface area contributed by atoms with Crippen molar-refractivity contribution in [1.82, 2.24) is 0 Å². The molecule has 0 aliphatic carbocycles. The Kier molecular flexibility index (Phi) is 5.19. The van der Waals surface area contributed by atoms with Crippen molar-refractivity contribution in [3.8, 4) is 5.75 Å². The molecule has 0 heterocycles. The summed E-state index contributed by atoms with van der Waals surface area (Å²) in [5.41, 5.74) is 6.51. The van der Waals surface area contributed by atoms with Gasteiger partial charge in [-0.05, 0) is 58.2 Å². The van der Waals surface area contributed by atoms with Gasteiger partial charge in [0.1, 0.15) is 17.4 Å². The maximum Gasteiger partial charge on any atom is 0.339 e. The summed E-state index contributed by atoms with van der Waals surface area (Å²) >= 11 is 0. The molecule has 1 rings (SSSR count). The average molecular weight is 309 g/mol. The molecule has 0 saturated heterocycles. The number of carboxylic acid groups (broad SMARTS) is 1. The number of nitrogens with two attached hydrogens (primary N) is 1. The van der Waals surface area contributed by atoms with E-state index in [1.807, 2.05) is 0 Å². The van der Waals surface area contributed by atoms with E-state index < -0.39 is 23.6 Å². The quantitative estimate of drug-likeness (QED) is 0.733. The smallest absolute Gasteiger partial charge is 0.339 e. The fourth-order valence-corrected chi connectivity index (χ4v) is 2.03. The van der Waals surface area contributed by atoms with Gasteiger partial charge in [-0.3, -0.25) is 4.79 Å². The van der Waals surface area contributed by atoms with Crippen LogP contribution in [0.2, 0.25) is 0 Å². The summed E-state index contributed by atoms with van der Waals surface area (Å²) in [5.74, 6) is -1.75. The molecule has 6 nitrogen and oxygen atoms in total. The second kappa shape index (κ2) is 6.36. The van der Waals surface area contributed by atoms with Gasteiger partial charge < -0.3 is 20.7 Å². The number of carboxylic acids is 1. The third kappa shape index (κ3) is 4.21. The van der Waals surface area contributed by atoms with E-state index in [0.717, 1.165) is 0 Å². The van der Waals surface area contributed by atoms with Gasteiger partial charge in [0, 0.05) is 5.56 Å². The van der Waals surface area contributed by atoms with Gasteiger partial charge in [-0.1, -0.05) is 0 Å². The predicted octanol–water partition coefficient (Wildman–Crippen LogP) is 1.92. The Bertz CT molecular complexity index is 602. The van der Waals surface area contributed by atoms with Gasteiger partial charge in [-0.2, -0.15) is 0 Å². The van der Waals surface area contributed by atoms with E-state index in [1.165, 1.54) is 0 Å². The van der Waals surface area contributed by atoms with Gasteiger partial charge in [0.05, 0.1) is 5.56 Å². The molecular weight excluding hydrogens is 286 g/mol. The first-order valence-electron chi connectivity index (χ1n) is 6.97. The maximum atomic E-state index is 12.2. The average Bonchev–Trinajstić information content (AvgIpc) is 2.36. The molecule has 6 heteroatoms. The Morgan fingerprint density at radius 3 is 2.27 bits per heavy atom. The van der Waals surface area contributed by atoms with Gasteiger partial charge in [-0.25, -0.2) is 4.79 Å². The Balaban J connectivity index is 3.27. The normalized spacial score (nSPS) is 12.8. The first kappa shape index (κ1) is 18.0. The number of esters is 1. The van der Waals surface area contributed by atoms with Gasteiger partial charge in [0.15, 0.2) is 0 Å². The van der Waals surface area contributed by atoms with Crippen LogP contribution in [0.5, 0.6) is 5.75 Å². The standard InChI is InChI=1S/C16H23NO5/c1-8-10(7-12(17)14(19)20)6-11(9(2)13(8)18)15(21)22-16(3,4)5/h6,12,18H,7,17H2,1-5H3,(H,19,20). The highest BCUT2D eigenvalue weighted by Crippen LogP contribution is 2.30. The highest BCUT2D eigenvalue weighted by atomic mass is 16.6. The number of aliphatic carboxylic acids is 1. The van der Waals surface area contributed by atoms with E-state index in [9.17, 15) is 14.7 Å². The van der Waals surface area contributed by atoms with E-state index in [2.05, 4.69) is 0 Å². The van der Waals surface area contributed by atoms with Crippen molar-refractivity contribution in [3.05, 3.63) is 28.3 Å². The Hall–Kier alpha value is -2.08. The number of hydrogen-bond acceptors (Lipinski definition) is 5. The van der Waals surface area contributed by atoms with Crippen molar-refractivity contribution in [1.29, 1.82) is 0 Å². The zero-order valence-electron chi connectivity index (χ0n) is 13.6. The van der Waals surface area contributed by atoms with Crippen LogP contribution in [0.25, 0.3) is 0 Å². The summed E-state index contributed by atoms with van der Waals surface area (Å²) in [4.78, 5) is 23.1. The largest absolute Gasteiger partial charge is 0.507 e. The molecule has 0 amide bonds. The van der Waals surface area contributed by atoms with E-state index >= 15 is 0 Å². The molecule has 0 aliphatic rings. The summed E-state index contributed by atoms with van der Waals surface area (Å²) in [5, 5.41) is 19.1. The Labute approximate surface area is 129 Å². The summed E-state index contributed by atoms with van der Waals surface area (Å²) in [6.45, 7) is 8.51. The van der Waals surface area contributed by atoms with Crippen LogP contribution < -0.4 is 5.73 Å². The third-order valence-electron chi connectivity index (χ3n) is 3.29.